The predicted octanol–water partition coefficient (Wildman–Crippen LogP) is 3.29. The topological polar surface area (TPSA) is 12.9 Å². The van der Waals surface area contributed by atoms with Crippen molar-refractivity contribution in [2.24, 2.45) is 0 Å². The van der Waals surface area contributed by atoms with Gasteiger partial charge in [0.1, 0.15) is 11.3 Å². The summed E-state index contributed by atoms with van der Waals surface area (Å²) in [6.45, 7) is 0. The van der Waals surface area contributed by atoms with E-state index in [1.807, 2.05) is 6.07 Å². The first kappa shape index (κ1) is 10.1. The van der Waals surface area contributed by atoms with Crippen LogP contribution in [-0.4, -0.2) is 4.98 Å². The summed E-state index contributed by atoms with van der Waals surface area (Å²) in [5.74, 6) is 0.431. The van der Waals surface area contributed by atoms with Gasteiger partial charge in [-0.3, -0.25) is 0 Å². The van der Waals surface area contributed by atoms with Crippen LogP contribution < -0.4 is 0 Å². The quantitative estimate of drug-likeness (QED) is 0.746. The Morgan fingerprint density at radius 3 is 3.00 bits per heavy atom. The van der Waals surface area contributed by atoms with Crippen molar-refractivity contribution in [1.29, 1.82) is 0 Å². The zero-order chi connectivity index (χ0) is 11.1. The van der Waals surface area contributed by atoms with Gasteiger partial charge in [-0.25, -0.2) is 9.37 Å². The van der Waals surface area contributed by atoms with Crippen LogP contribution in [0.4, 0.5) is 4.39 Å². The fourth-order valence-corrected chi connectivity index (χ4v) is 2.89. The van der Waals surface area contributed by atoms with Crippen molar-refractivity contribution in [3.8, 4) is 0 Å². The number of hydrogen-bond donors (Lipinski definition) is 1. The summed E-state index contributed by atoms with van der Waals surface area (Å²) in [5.41, 5.74) is 4.04. The van der Waals surface area contributed by atoms with E-state index < -0.39 is 0 Å². The number of aryl methyl sites for hydroxylation is 1. The summed E-state index contributed by atoms with van der Waals surface area (Å²) in [5, 5.41) is 0.927. The molecule has 0 atom stereocenters. The summed E-state index contributed by atoms with van der Waals surface area (Å²) in [4.78, 5) is 4.45. The zero-order valence-corrected chi connectivity index (χ0v) is 9.73. The van der Waals surface area contributed by atoms with Crippen molar-refractivity contribution in [2.45, 2.75) is 25.0 Å². The largest absolute Gasteiger partial charge is 0.249 e. The van der Waals surface area contributed by atoms with Crippen LogP contribution in [0.1, 0.15) is 23.2 Å². The second-order valence-electron chi connectivity index (χ2n) is 4.16. The van der Waals surface area contributed by atoms with Crippen LogP contribution in [0.5, 0.6) is 0 Å². The minimum absolute atomic E-state index is 0.227. The van der Waals surface area contributed by atoms with E-state index in [0.717, 1.165) is 30.3 Å². The molecule has 1 aliphatic rings. The molecule has 1 heterocycles. The smallest absolute Gasteiger partial charge is 0.149 e. The van der Waals surface area contributed by atoms with Crippen LogP contribution in [0.3, 0.4) is 0 Å². The Balaban J connectivity index is 2.44. The highest BCUT2D eigenvalue weighted by Gasteiger charge is 2.19. The molecule has 0 unspecified atom stereocenters. The lowest BCUT2D eigenvalue weighted by Crippen LogP contribution is -1.98. The Bertz CT molecular complexity index is 565. The third-order valence-corrected chi connectivity index (χ3v) is 3.59. The van der Waals surface area contributed by atoms with E-state index in [1.165, 1.54) is 17.2 Å². The highest BCUT2D eigenvalue weighted by atomic mass is 32.1. The van der Waals surface area contributed by atoms with Gasteiger partial charge in [-0.2, -0.15) is 12.6 Å². The number of aromatic nitrogens is 1. The van der Waals surface area contributed by atoms with Crippen LogP contribution in [-0.2, 0) is 18.6 Å². The monoisotopic (exact) mass is 233 g/mol. The van der Waals surface area contributed by atoms with E-state index in [9.17, 15) is 4.39 Å². The molecule has 0 spiro atoms. The number of pyridine rings is 1. The summed E-state index contributed by atoms with van der Waals surface area (Å²) in [7, 11) is 0. The summed E-state index contributed by atoms with van der Waals surface area (Å²) < 4.78 is 13.7. The molecule has 1 nitrogen and oxygen atoms in total. The lowest BCUT2D eigenvalue weighted by atomic mass is 10.0. The molecule has 0 fully saturated rings. The number of halogens is 1. The van der Waals surface area contributed by atoms with Crippen LogP contribution in [0.15, 0.2) is 18.2 Å². The Morgan fingerprint density at radius 1 is 1.31 bits per heavy atom. The first-order chi connectivity index (χ1) is 7.81. The zero-order valence-electron chi connectivity index (χ0n) is 8.83. The van der Waals surface area contributed by atoms with Gasteiger partial charge in [0.25, 0.3) is 0 Å². The lowest BCUT2D eigenvalue weighted by molar-refractivity contribution is 0.636. The molecule has 0 amide bonds. The molecule has 3 rings (SSSR count). The maximum Gasteiger partial charge on any atom is 0.149 e. The summed E-state index contributed by atoms with van der Waals surface area (Å²) in [6, 6.07) is 5.15. The number of benzene rings is 1. The van der Waals surface area contributed by atoms with Gasteiger partial charge in [0.2, 0.25) is 0 Å². The Hall–Kier alpha value is -1.09. The van der Waals surface area contributed by atoms with Gasteiger partial charge in [-0.05, 0) is 36.5 Å². The number of fused-ring (bicyclic) bond motifs is 2. The first-order valence-corrected chi connectivity index (χ1v) is 6.14. The molecule has 1 aromatic carbocycles. The van der Waals surface area contributed by atoms with Crippen molar-refractivity contribution >= 4 is 23.5 Å². The van der Waals surface area contributed by atoms with Crippen molar-refractivity contribution < 1.29 is 4.39 Å². The number of hydrogen-bond acceptors (Lipinski definition) is 2. The number of nitrogens with zero attached hydrogens (tertiary/aromatic N) is 1. The third-order valence-electron chi connectivity index (χ3n) is 3.27. The molecule has 1 aromatic heterocycles. The van der Waals surface area contributed by atoms with Crippen molar-refractivity contribution in [3.05, 3.63) is 40.8 Å². The van der Waals surface area contributed by atoms with E-state index in [2.05, 4.69) is 17.6 Å². The van der Waals surface area contributed by atoms with E-state index in [-0.39, 0.29) is 5.82 Å². The van der Waals surface area contributed by atoms with Crippen LogP contribution >= 0.6 is 12.6 Å². The molecule has 0 saturated carbocycles. The lowest BCUT2D eigenvalue weighted by Gasteiger charge is -2.10. The molecule has 2 aromatic rings. The van der Waals surface area contributed by atoms with Crippen molar-refractivity contribution in [2.75, 3.05) is 0 Å². The van der Waals surface area contributed by atoms with Crippen LogP contribution in [0.2, 0.25) is 0 Å². The molecule has 16 heavy (non-hydrogen) atoms. The van der Waals surface area contributed by atoms with Gasteiger partial charge >= 0.3 is 0 Å². The average molecular weight is 233 g/mol. The van der Waals surface area contributed by atoms with Gasteiger partial charge in [-0.15, -0.1) is 0 Å². The first-order valence-electron chi connectivity index (χ1n) is 5.51. The maximum atomic E-state index is 13.7. The maximum absolute atomic E-state index is 13.7. The van der Waals surface area contributed by atoms with Gasteiger partial charge in [-0.1, -0.05) is 12.1 Å². The van der Waals surface area contributed by atoms with E-state index >= 15 is 0 Å². The molecular weight excluding hydrogens is 221 g/mol. The number of para-hydroxylation sites is 1. The molecule has 3 heteroatoms. The molecule has 0 aliphatic heterocycles. The van der Waals surface area contributed by atoms with Gasteiger partial charge in [0, 0.05) is 16.8 Å². The van der Waals surface area contributed by atoms with Gasteiger partial charge in [0.15, 0.2) is 0 Å². The normalized spacial score (nSPS) is 14.4. The molecule has 0 bridgehead atoms. The van der Waals surface area contributed by atoms with Crippen molar-refractivity contribution in [3.63, 3.8) is 0 Å². The average Bonchev–Trinajstić information content (AvgIpc) is 2.75. The molecule has 0 saturated heterocycles. The molecule has 1 aliphatic carbocycles. The highest BCUT2D eigenvalue weighted by Crippen LogP contribution is 2.31. The van der Waals surface area contributed by atoms with E-state index in [0.29, 0.717) is 11.3 Å². The third kappa shape index (κ3) is 1.34. The molecule has 82 valence electrons. The Morgan fingerprint density at radius 2 is 2.19 bits per heavy atom. The minimum Gasteiger partial charge on any atom is -0.249 e. The van der Waals surface area contributed by atoms with Gasteiger partial charge < -0.3 is 0 Å². The molecule has 0 radical (unpaired) electrons. The highest BCUT2D eigenvalue weighted by molar-refractivity contribution is 7.79. The summed E-state index contributed by atoms with van der Waals surface area (Å²) >= 11 is 4.37. The fourth-order valence-electron chi connectivity index (χ4n) is 2.53. The summed E-state index contributed by atoms with van der Waals surface area (Å²) in [6.07, 6.45) is 3.16. The van der Waals surface area contributed by atoms with Crippen LogP contribution in [0, 0.1) is 5.82 Å². The van der Waals surface area contributed by atoms with Gasteiger partial charge in [0.05, 0.1) is 0 Å². The SMILES string of the molecule is Fc1cccc2c(CS)c3c(nc12)CCC3. The van der Waals surface area contributed by atoms with Crippen LogP contribution in [0.25, 0.3) is 10.9 Å². The number of thiol groups is 1. The fraction of sp³-hybridized carbons (Fsp3) is 0.308. The predicted molar refractivity (Wildman–Crippen MR) is 66.4 cm³/mol. The Kier molecular flexibility index (Phi) is 2.36. The standard InChI is InChI=1S/C13H12FNS/c14-11-5-1-4-9-10(7-16)8-3-2-6-12(8)15-13(9)11/h1,4-5,16H,2-3,6-7H2. The Labute approximate surface area is 99.1 Å². The minimum atomic E-state index is -0.227. The van der Waals surface area contributed by atoms with E-state index in [1.54, 1.807) is 6.07 Å². The molecular formula is C13H12FNS. The number of rotatable bonds is 1. The molecule has 0 N–H and O–H groups in total. The van der Waals surface area contributed by atoms with E-state index in [4.69, 9.17) is 0 Å². The second-order valence-corrected chi connectivity index (χ2v) is 4.48. The second kappa shape index (κ2) is 3.74. The van der Waals surface area contributed by atoms with Crippen molar-refractivity contribution in [1.82, 2.24) is 4.98 Å².